The monoisotopic (exact) mass is 376 g/mol. The highest BCUT2D eigenvalue weighted by Gasteiger charge is 2.13. The van der Waals surface area contributed by atoms with Crippen molar-refractivity contribution >= 4 is 34.9 Å². The van der Waals surface area contributed by atoms with Crippen molar-refractivity contribution in [1.82, 2.24) is 0 Å². The van der Waals surface area contributed by atoms with Gasteiger partial charge in [0.15, 0.2) is 11.5 Å². The highest BCUT2D eigenvalue weighted by Crippen LogP contribution is 2.32. The number of anilines is 2. The highest BCUT2D eigenvalue weighted by atomic mass is 35.5. The lowest BCUT2D eigenvalue weighted by Crippen LogP contribution is -2.22. The number of fused-ring (bicyclic) bond motifs is 1. The summed E-state index contributed by atoms with van der Waals surface area (Å²) in [4.78, 5) is 23.8. The van der Waals surface area contributed by atoms with E-state index in [1.807, 2.05) is 0 Å². The van der Waals surface area contributed by atoms with Crippen LogP contribution in [0.15, 0.2) is 36.4 Å². The fourth-order valence-corrected chi connectivity index (χ4v) is 2.56. The zero-order chi connectivity index (χ0) is 18.5. The molecule has 0 fully saturated rings. The third-order valence-electron chi connectivity index (χ3n) is 3.66. The van der Waals surface area contributed by atoms with Crippen molar-refractivity contribution in [3.05, 3.63) is 47.0 Å². The Hall–Kier alpha value is -2.93. The van der Waals surface area contributed by atoms with E-state index in [4.69, 9.17) is 21.1 Å². The molecule has 1 aliphatic heterocycles. The number of hydrogen-bond donors (Lipinski definition) is 2. The first-order valence-electron chi connectivity index (χ1n) is 7.88. The van der Waals surface area contributed by atoms with Gasteiger partial charge >= 0.3 is 5.97 Å². The Morgan fingerprint density at radius 1 is 1.12 bits per heavy atom. The third kappa shape index (κ3) is 4.18. The minimum Gasteiger partial charge on any atom is -0.486 e. The van der Waals surface area contributed by atoms with Crippen molar-refractivity contribution in [1.29, 1.82) is 0 Å². The van der Waals surface area contributed by atoms with Crippen molar-refractivity contribution in [3.8, 4) is 11.5 Å². The van der Waals surface area contributed by atoms with Gasteiger partial charge in [0.2, 0.25) is 5.91 Å². The molecule has 0 saturated carbocycles. The van der Waals surface area contributed by atoms with Crippen LogP contribution in [0.25, 0.3) is 0 Å². The Labute approximate surface area is 155 Å². The fourth-order valence-electron chi connectivity index (χ4n) is 2.40. The molecule has 2 N–H and O–H groups in total. The Bertz CT molecular complexity index is 840. The molecule has 136 valence electrons. The van der Waals surface area contributed by atoms with Crippen molar-refractivity contribution in [2.45, 2.75) is 0 Å². The van der Waals surface area contributed by atoms with Gasteiger partial charge in [-0.2, -0.15) is 0 Å². The summed E-state index contributed by atoms with van der Waals surface area (Å²) in [7, 11) is 1.28. The Balaban J connectivity index is 1.62. The molecular formula is C18H17ClN2O5. The molecule has 0 spiro atoms. The SMILES string of the molecule is COC(=O)c1ccc(Cl)c(NC(=O)CNc2ccc3c(c2)OCCO3)c1. The van der Waals surface area contributed by atoms with Crippen LogP contribution >= 0.6 is 11.6 Å². The molecular weight excluding hydrogens is 360 g/mol. The summed E-state index contributed by atoms with van der Waals surface area (Å²) >= 11 is 6.07. The zero-order valence-electron chi connectivity index (χ0n) is 14.0. The van der Waals surface area contributed by atoms with Gasteiger partial charge < -0.3 is 24.8 Å². The Kier molecular flexibility index (Phi) is 5.48. The predicted molar refractivity (Wildman–Crippen MR) is 97.3 cm³/mol. The summed E-state index contributed by atoms with van der Waals surface area (Å²) in [5.74, 6) is 0.489. The van der Waals surface area contributed by atoms with Gasteiger partial charge in [0.05, 0.1) is 29.9 Å². The van der Waals surface area contributed by atoms with E-state index in [-0.39, 0.29) is 12.5 Å². The van der Waals surface area contributed by atoms with Crippen LogP contribution in [-0.2, 0) is 9.53 Å². The van der Waals surface area contributed by atoms with E-state index in [2.05, 4.69) is 15.4 Å². The predicted octanol–water partition coefficient (Wildman–Crippen LogP) is 2.95. The second-order valence-electron chi connectivity index (χ2n) is 5.45. The maximum atomic E-state index is 12.2. The van der Waals surface area contributed by atoms with Crippen LogP contribution < -0.4 is 20.1 Å². The summed E-state index contributed by atoms with van der Waals surface area (Å²) in [6.07, 6.45) is 0. The maximum absolute atomic E-state index is 12.2. The Morgan fingerprint density at radius 2 is 1.88 bits per heavy atom. The molecule has 8 heteroatoms. The molecule has 0 aromatic heterocycles. The molecule has 2 aromatic rings. The average molecular weight is 377 g/mol. The van der Waals surface area contributed by atoms with Gasteiger partial charge in [0.1, 0.15) is 13.2 Å². The molecule has 1 amide bonds. The quantitative estimate of drug-likeness (QED) is 0.780. The number of benzene rings is 2. The number of ether oxygens (including phenoxy) is 3. The van der Waals surface area contributed by atoms with Gasteiger partial charge in [-0.25, -0.2) is 4.79 Å². The summed E-state index contributed by atoms with van der Waals surface area (Å²) in [5.41, 5.74) is 1.36. The molecule has 0 radical (unpaired) electrons. The van der Waals surface area contributed by atoms with Crippen LogP contribution in [-0.4, -0.2) is 38.7 Å². The number of methoxy groups -OCH3 is 1. The second-order valence-corrected chi connectivity index (χ2v) is 5.85. The summed E-state index contributed by atoms with van der Waals surface area (Å²) in [5, 5.41) is 5.99. The molecule has 0 aliphatic carbocycles. The number of hydrogen-bond acceptors (Lipinski definition) is 6. The van der Waals surface area contributed by atoms with Crippen LogP contribution in [0.1, 0.15) is 10.4 Å². The lowest BCUT2D eigenvalue weighted by atomic mass is 10.2. The highest BCUT2D eigenvalue weighted by molar-refractivity contribution is 6.33. The largest absolute Gasteiger partial charge is 0.486 e. The second kappa shape index (κ2) is 7.97. The van der Waals surface area contributed by atoms with Crippen LogP contribution in [0.4, 0.5) is 11.4 Å². The average Bonchev–Trinajstić information content (AvgIpc) is 2.67. The van der Waals surface area contributed by atoms with Gasteiger partial charge in [-0.3, -0.25) is 4.79 Å². The van der Waals surface area contributed by atoms with E-state index in [1.165, 1.54) is 25.3 Å². The smallest absolute Gasteiger partial charge is 0.337 e. The topological polar surface area (TPSA) is 85.9 Å². The molecule has 26 heavy (non-hydrogen) atoms. The first-order chi connectivity index (χ1) is 12.6. The van der Waals surface area contributed by atoms with Crippen molar-refractivity contribution in [2.24, 2.45) is 0 Å². The minimum absolute atomic E-state index is 0.0123. The van der Waals surface area contributed by atoms with Crippen LogP contribution in [0.3, 0.4) is 0 Å². The molecule has 0 saturated heterocycles. The molecule has 7 nitrogen and oxygen atoms in total. The number of rotatable bonds is 5. The third-order valence-corrected chi connectivity index (χ3v) is 3.99. The van der Waals surface area contributed by atoms with Gasteiger partial charge in [-0.1, -0.05) is 11.6 Å². The van der Waals surface area contributed by atoms with Gasteiger partial charge in [0, 0.05) is 11.8 Å². The normalized spacial score (nSPS) is 12.2. The number of carbonyl (C=O) groups excluding carboxylic acids is 2. The van der Waals surface area contributed by atoms with Gasteiger partial charge in [-0.05, 0) is 30.3 Å². The Morgan fingerprint density at radius 3 is 2.65 bits per heavy atom. The van der Waals surface area contributed by atoms with Gasteiger partial charge in [-0.15, -0.1) is 0 Å². The summed E-state index contributed by atoms with van der Waals surface area (Å²) in [6, 6.07) is 9.87. The number of esters is 1. The van der Waals surface area contributed by atoms with Crippen molar-refractivity contribution in [2.75, 3.05) is 37.5 Å². The fraction of sp³-hybridized carbons (Fsp3) is 0.222. The molecule has 1 heterocycles. The van der Waals surface area contributed by atoms with Crippen LogP contribution in [0.2, 0.25) is 5.02 Å². The van der Waals surface area contributed by atoms with Crippen LogP contribution in [0.5, 0.6) is 11.5 Å². The lowest BCUT2D eigenvalue weighted by Gasteiger charge is -2.19. The van der Waals surface area contributed by atoms with Gasteiger partial charge in [0.25, 0.3) is 0 Å². The number of nitrogens with one attached hydrogen (secondary N) is 2. The zero-order valence-corrected chi connectivity index (χ0v) is 14.8. The molecule has 0 unspecified atom stereocenters. The van der Waals surface area contributed by atoms with E-state index in [0.29, 0.717) is 41.0 Å². The van der Waals surface area contributed by atoms with E-state index >= 15 is 0 Å². The number of halogens is 1. The van der Waals surface area contributed by atoms with Crippen LogP contribution in [0, 0.1) is 0 Å². The standard InChI is InChI=1S/C18H17ClN2O5/c1-24-18(23)11-2-4-13(19)14(8-11)21-17(22)10-20-12-3-5-15-16(9-12)26-7-6-25-15/h2-5,8-9,20H,6-7,10H2,1H3,(H,21,22). The summed E-state index contributed by atoms with van der Waals surface area (Å²) < 4.78 is 15.6. The number of amides is 1. The first kappa shape index (κ1) is 17.9. The summed E-state index contributed by atoms with van der Waals surface area (Å²) in [6.45, 7) is 1.03. The number of carbonyl (C=O) groups is 2. The van der Waals surface area contributed by atoms with E-state index < -0.39 is 5.97 Å². The van der Waals surface area contributed by atoms with E-state index in [1.54, 1.807) is 18.2 Å². The molecule has 2 aromatic carbocycles. The van der Waals surface area contributed by atoms with E-state index in [0.717, 1.165) is 5.69 Å². The van der Waals surface area contributed by atoms with E-state index in [9.17, 15) is 9.59 Å². The molecule has 1 aliphatic rings. The minimum atomic E-state index is -0.508. The molecule has 0 bridgehead atoms. The molecule has 0 atom stereocenters. The first-order valence-corrected chi connectivity index (χ1v) is 8.26. The van der Waals surface area contributed by atoms with Crippen molar-refractivity contribution < 1.29 is 23.8 Å². The van der Waals surface area contributed by atoms with Crippen molar-refractivity contribution in [3.63, 3.8) is 0 Å². The molecule has 3 rings (SSSR count). The maximum Gasteiger partial charge on any atom is 0.337 e. The lowest BCUT2D eigenvalue weighted by molar-refractivity contribution is -0.114.